The molecule has 0 unspecified atom stereocenters. The number of hydrogen-bond acceptors (Lipinski definition) is 2. The van der Waals surface area contributed by atoms with E-state index in [0.29, 0.717) is 22.8 Å². The molecule has 0 radical (unpaired) electrons. The average molecular weight is 367 g/mol. The topological polar surface area (TPSA) is 61.4 Å². The molecule has 0 aromatic heterocycles. The lowest BCUT2D eigenvalue weighted by Gasteiger charge is -2.12. The van der Waals surface area contributed by atoms with Crippen LogP contribution in [0.4, 0.5) is 16.2 Å². The number of amides is 2. The van der Waals surface area contributed by atoms with Gasteiger partial charge in [0.05, 0.1) is 0 Å². The maximum atomic E-state index is 12.3. The van der Waals surface area contributed by atoms with Crippen LogP contribution in [0.5, 0.6) is 0 Å². The van der Waals surface area contributed by atoms with Gasteiger partial charge in [-0.3, -0.25) is 0 Å². The van der Waals surface area contributed by atoms with E-state index in [1.54, 1.807) is 0 Å². The van der Waals surface area contributed by atoms with Crippen molar-refractivity contribution in [1.82, 2.24) is 0 Å². The van der Waals surface area contributed by atoms with Crippen molar-refractivity contribution >= 4 is 29.0 Å². The van der Waals surface area contributed by atoms with Gasteiger partial charge in [-0.1, -0.05) is 54.1 Å². The molecule has 0 spiro atoms. The lowest BCUT2D eigenvalue weighted by Crippen LogP contribution is -2.20. The SMILES string of the molecule is O=C(Nc1cccc(-c2ccc(Cl)cc2)c1)Nc1ccccc1CCO. The molecular formula is C21H19ClN2O2. The Morgan fingerprint density at radius 1 is 0.885 bits per heavy atom. The molecule has 0 aliphatic heterocycles. The fourth-order valence-corrected chi connectivity index (χ4v) is 2.81. The van der Waals surface area contributed by atoms with E-state index in [1.807, 2.05) is 72.8 Å². The summed E-state index contributed by atoms with van der Waals surface area (Å²) in [4.78, 5) is 12.3. The first-order chi connectivity index (χ1) is 12.7. The van der Waals surface area contributed by atoms with Crippen molar-refractivity contribution in [2.75, 3.05) is 17.2 Å². The highest BCUT2D eigenvalue weighted by Crippen LogP contribution is 2.24. The summed E-state index contributed by atoms with van der Waals surface area (Å²) in [5.74, 6) is 0. The van der Waals surface area contributed by atoms with Crippen molar-refractivity contribution in [3.8, 4) is 11.1 Å². The number of aliphatic hydroxyl groups excluding tert-OH is 1. The molecule has 0 saturated heterocycles. The van der Waals surface area contributed by atoms with Crippen LogP contribution in [0.25, 0.3) is 11.1 Å². The van der Waals surface area contributed by atoms with E-state index < -0.39 is 0 Å². The van der Waals surface area contributed by atoms with E-state index in [-0.39, 0.29) is 12.6 Å². The largest absolute Gasteiger partial charge is 0.396 e. The molecule has 0 atom stereocenters. The number of anilines is 2. The van der Waals surface area contributed by atoms with E-state index in [9.17, 15) is 4.79 Å². The second-order valence-corrected chi connectivity index (χ2v) is 6.23. The number of aliphatic hydroxyl groups is 1. The molecule has 4 nitrogen and oxygen atoms in total. The Morgan fingerprint density at radius 3 is 2.42 bits per heavy atom. The van der Waals surface area contributed by atoms with Gasteiger partial charge >= 0.3 is 6.03 Å². The Morgan fingerprint density at radius 2 is 1.65 bits per heavy atom. The van der Waals surface area contributed by atoms with Crippen LogP contribution in [0.15, 0.2) is 72.8 Å². The third kappa shape index (κ3) is 4.63. The lowest BCUT2D eigenvalue weighted by molar-refractivity contribution is 0.262. The summed E-state index contributed by atoms with van der Waals surface area (Å²) in [6, 6.07) is 22.2. The molecule has 2 amide bonds. The van der Waals surface area contributed by atoms with Gasteiger partial charge in [-0.2, -0.15) is 0 Å². The molecule has 132 valence electrons. The van der Waals surface area contributed by atoms with Crippen LogP contribution in [-0.2, 0) is 6.42 Å². The van der Waals surface area contributed by atoms with Crippen LogP contribution in [0.3, 0.4) is 0 Å². The molecule has 0 fully saturated rings. The van der Waals surface area contributed by atoms with Crippen molar-refractivity contribution in [3.63, 3.8) is 0 Å². The van der Waals surface area contributed by atoms with Gasteiger partial charge in [-0.05, 0) is 53.4 Å². The summed E-state index contributed by atoms with van der Waals surface area (Å²) in [7, 11) is 0. The Hall–Kier alpha value is -2.82. The number of carbonyl (C=O) groups is 1. The molecule has 0 aliphatic rings. The number of rotatable bonds is 5. The van der Waals surface area contributed by atoms with E-state index in [1.165, 1.54) is 0 Å². The lowest BCUT2D eigenvalue weighted by atomic mass is 10.1. The third-order valence-corrected chi connectivity index (χ3v) is 4.20. The molecule has 5 heteroatoms. The summed E-state index contributed by atoms with van der Waals surface area (Å²) >= 11 is 5.93. The highest BCUT2D eigenvalue weighted by atomic mass is 35.5. The molecule has 0 heterocycles. The number of carbonyl (C=O) groups excluding carboxylic acids is 1. The van der Waals surface area contributed by atoms with Gasteiger partial charge in [0, 0.05) is 23.0 Å². The maximum absolute atomic E-state index is 12.3. The molecule has 3 aromatic carbocycles. The maximum Gasteiger partial charge on any atom is 0.323 e. The van der Waals surface area contributed by atoms with Crippen molar-refractivity contribution in [2.45, 2.75) is 6.42 Å². The van der Waals surface area contributed by atoms with Crippen molar-refractivity contribution in [3.05, 3.63) is 83.4 Å². The molecular weight excluding hydrogens is 348 g/mol. The predicted octanol–water partition coefficient (Wildman–Crippen LogP) is 5.19. The van der Waals surface area contributed by atoms with Crippen molar-refractivity contribution < 1.29 is 9.90 Å². The highest BCUT2D eigenvalue weighted by molar-refractivity contribution is 6.30. The molecule has 0 saturated carbocycles. The Bertz CT molecular complexity index is 895. The number of nitrogens with one attached hydrogen (secondary N) is 2. The van der Waals surface area contributed by atoms with Gasteiger partial charge in [0.15, 0.2) is 0 Å². The predicted molar refractivity (Wildman–Crippen MR) is 107 cm³/mol. The van der Waals surface area contributed by atoms with Crippen LogP contribution >= 0.6 is 11.6 Å². The molecule has 0 bridgehead atoms. The van der Waals surface area contributed by atoms with E-state index >= 15 is 0 Å². The fourth-order valence-electron chi connectivity index (χ4n) is 2.68. The van der Waals surface area contributed by atoms with E-state index in [2.05, 4.69) is 10.6 Å². The highest BCUT2D eigenvalue weighted by Gasteiger charge is 2.07. The second-order valence-electron chi connectivity index (χ2n) is 5.80. The van der Waals surface area contributed by atoms with Crippen molar-refractivity contribution in [2.24, 2.45) is 0 Å². The van der Waals surface area contributed by atoms with Gasteiger partial charge < -0.3 is 15.7 Å². The first-order valence-electron chi connectivity index (χ1n) is 8.28. The zero-order valence-corrected chi connectivity index (χ0v) is 14.8. The molecule has 3 aromatic rings. The quantitative estimate of drug-likeness (QED) is 0.582. The summed E-state index contributed by atoms with van der Waals surface area (Å²) in [5.41, 5.74) is 4.27. The first-order valence-corrected chi connectivity index (χ1v) is 8.66. The first kappa shape index (κ1) is 18.0. The minimum absolute atomic E-state index is 0.0312. The van der Waals surface area contributed by atoms with Crippen LogP contribution in [-0.4, -0.2) is 17.7 Å². The number of halogens is 1. The van der Waals surface area contributed by atoms with Gasteiger partial charge in [0.25, 0.3) is 0 Å². The van der Waals surface area contributed by atoms with Gasteiger partial charge in [0.1, 0.15) is 0 Å². The molecule has 26 heavy (non-hydrogen) atoms. The second kappa shape index (κ2) is 8.52. The normalized spacial score (nSPS) is 10.4. The van der Waals surface area contributed by atoms with Crippen LogP contribution in [0, 0.1) is 0 Å². The fraction of sp³-hybridized carbons (Fsp3) is 0.0952. The van der Waals surface area contributed by atoms with Crippen LogP contribution < -0.4 is 10.6 Å². The van der Waals surface area contributed by atoms with E-state index in [0.717, 1.165) is 16.7 Å². The summed E-state index contributed by atoms with van der Waals surface area (Å²) < 4.78 is 0. The molecule has 0 aliphatic carbocycles. The number of hydrogen-bond donors (Lipinski definition) is 3. The Balaban J connectivity index is 1.72. The standard InChI is InChI=1S/C21H19ClN2O2/c22-18-10-8-15(9-11-18)17-5-3-6-19(14-17)23-21(26)24-20-7-2-1-4-16(20)12-13-25/h1-11,14,25H,12-13H2,(H2,23,24,26). The number of para-hydroxylation sites is 1. The van der Waals surface area contributed by atoms with Gasteiger partial charge in [-0.15, -0.1) is 0 Å². The third-order valence-electron chi connectivity index (χ3n) is 3.94. The smallest absolute Gasteiger partial charge is 0.323 e. The minimum atomic E-state index is -0.330. The van der Waals surface area contributed by atoms with Gasteiger partial charge in [0.2, 0.25) is 0 Å². The summed E-state index contributed by atoms with van der Waals surface area (Å²) in [6.45, 7) is 0.0312. The molecule has 3 N–H and O–H groups in total. The Kier molecular flexibility index (Phi) is 5.89. The Labute approximate surface area is 157 Å². The zero-order valence-electron chi connectivity index (χ0n) is 14.1. The van der Waals surface area contributed by atoms with Gasteiger partial charge in [-0.25, -0.2) is 4.79 Å². The monoisotopic (exact) mass is 366 g/mol. The van der Waals surface area contributed by atoms with Crippen LogP contribution in [0.2, 0.25) is 5.02 Å². The zero-order chi connectivity index (χ0) is 18.4. The summed E-state index contributed by atoms with van der Waals surface area (Å²) in [6.07, 6.45) is 0.489. The minimum Gasteiger partial charge on any atom is -0.396 e. The molecule has 3 rings (SSSR count). The average Bonchev–Trinajstić information content (AvgIpc) is 2.64. The van der Waals surface area contributed by atoms with Crippen LogP contribution in [0.1, 0.15) is 5.56 Å². The van der Waals surface area contributed by atoms with E-state index in [4.69, 9.17) is 16.7 Å². The van der Waals surface area contributed by atoms with Crippen molar-refractivity contribution in [1.29, 1.82) is 0 Å². The summed E-state index contributed by atoms with van der Waals surface area (Å²) in [5, 5.41) is 15.5. The number of benzene rings is 3. The number of urea groups is 1.